The Morgan fingerprint density at radius 2 is 2.12 bits per heavy atom. The van der Waals surface area contributed by atoms with Gasteiger partial charge in [-0.15, -0.1) is 0 Å². The smallest absolute Gasteiger partial charge is 0.123 e. The Kier molecular flexibility index (Phi) is 5.26. The number of hydrogen-bond acceptors (Lipinski definition) is 3. The predicted octanol–water partition coefficient (Wildman–Crippen LogP) is 2.23. The van der Waals surface area contributed by atoms with Gasteiger partial charge in [-0.05, 0) is 43.0 Å². The highest BCUT2D eigenvalue weighted by Gasteiger charge is 2.03. The summed E-state index contributed by atoms with van der Waals surface area (Å²) in [5.74, 6) is 1.31. The van der Waals surface area contributed by atoms with Crippen molar-refractivity contribution >= 4 is 5.82 Å². The lowest BCUT2D eigenvalue weighted by Gasteiger charge is -2.14. The molecule has 3 heteroatoms. The molecular weight excluding hydrogens is 198 g/mol. The first-order chi connectivity index (χ1) is 7.58. The van der Waals surface area contributed by atoms with Crippen LogP contribution in [-0.4, -0.2) is 17.6 Å². The lowest BCUT2D eigenvalue weighted by Crippen LogP contribution is -2.28. The molecule has 1 heterocycles. The highest BCUT2D eigenvalue weighted by molar-refractivity contribution is 5.31. The van der Waals surface area contributed by atoms with Crippen molar-refractivity contribution < 1.29 is 0 Å². The Hall–Kier alpha value is -1.09. The minimum absolute atomic E-state index is 0.569. The molecule has 16 heavy (non-hydrogen) atoms. The summed E-state index contributed by atoms with van der Waals surface area (Å²) in [7, 11) is 0. The first-order valence-corrected chi connectivity index (χ1v) is 6.01. The summed E-state index contributed by atoms with van der Waals surface area (Å²) in [6.07, 6.45) is 4.04. The highest BCUT2D eigenvalue weighted by atomic mass is 14.9. The van der Waals surface area contributed by atoms with Gasteiger partial charge in [0.2, 0.25) is 0 Å². The Balaban J connectivity index is 2.28. The second-order valence-electron chi connectivity index (χ2n) is 4.80. The Morgan fingerprint density at radius 3 is 2.75 bits per heavy atom. The van der Waals surface area contributed by atoms with Gasteiger partial charge in [-0.3, -0.25) is 0 Å². The second-order valence-corrected chi connectivity index (χ2v) is 4.80. The van der Waals surface area contributed by atoms with Crippen LogP contribution in [0.4, 0.5) is 5.82 Å². The molecule has 1 aromatic rings. The van der Waals surface area contributed by atoms with Gasteiger partial charge in [-0.1, -0.05) is 20.8 Å². The average Bonchev–Trinajstić information content (AvgIpc) is 2.23. The number of aromatic nitrogens is 1. The van der Waals surface area contributed by atoms with Crippen molar-refractivity contribution in [3.63, 3.8) is 0 Å². The Labute approximate surface area is 98.5 Å². The Morgan fingerprint density at radius 1 is 1.38 bits per heavy atom. The van der Waals surface area contributed by atoms with Gasteiger partial charge in [0, 0.05) is 12.2 Å². The van der Waals surface area contributed by atoms with Crippen molar-refractivity contribution in [2.45, 2.75) is 39.7 Å². The standard InChI is InChI=1S/C13H23N3/c1-10(2)16-9-11(3)4-5-12-6-7-15-13(14)8-12/h6-8,10-11,16H,4-5,9H2,1-3H3,(H2,14,15). The highest BCUT2D eigenvalue weighted by Crippen LogP contribution is 2.10. The van der Waals surface area contributed by atoms with Crippen molar-refractivity contribution in [1.29, 1.82) is 0 Å². The van der Waals surface area contributed by atoms with Gasteiger partial charge in [-0.25, -0.2) is 4.98 Å². The third kappa shape index (κ3) is 5.12. The van der Waals surface area contributed by atoms with E-state index in [1.165, 1.54) is 12.0 Å². The molecule has 1 atom stereocenters. The lowest BCUT2D eigenvalue weighted by atomic mass is 10.0. The van der Waals surface area contributed by atoms with Gasteiger partial charge in [0.15, 0.2) is 0 Å². The van der Waals surface area contributed by atoms with Crippen LogP contribution in [0.1, 0.15) is 32.8 Å². The number of nitrogen functional groups attached to an aromatic ring is 1. The fourth-order valence-electron chi connectivity index (χ4n) is 1.60. The van der Waals surface area contributed by atoms with E-state index in [9.17, 15) is 0 Å². The zero-order chi connectivity index (χ0) is 12.0. The number of pyridine rings is 1. The molecule has 0 bridgehead atoms. The number of nitrogens with zero attached hydrogens (tertiary/aromatic N) is 1. The monoisotopic (exact) mass is 221 g/mol. The fourth-order valence-corrected chi connectivity index (χ4v) is 1.60. The molecule has 0 aromatic carbocycles. The first-order valence-electron chi connectivity index (χ1n) is 6.01. The van der Waals surface area contributed by atoms with Crippen LogP contribution in [0.5, 0.6) is 0 Å². The van der Waals surface area contributed by atoms with Gasteiger partial charge in [0.1, 0.15) is 5.82 Å². The molecule has 1 unspecified atom stereocenters. The van der Waals surface area contributed by atoms with E-state index in [1.807, 2.05) is 12.1 Å². The maximum absolute atomic E-state index is 5.64. The topological polar surface area (TPSA) is 50.9 Å². The van der Waals surface area contributed by atoms with Crippen LogP contribution in [0.15, 0.2) is 18.3 Å². The molecule has 0 saturated carbocycles. The number of nitrogens with two attached hydrogens (primary N) is 1. The largest absolute Gasteiger partial charge is 0.384 e. The van der Waals surface area contributed by atoms with E-state index < -0.39 is 0 Å². The van der Waals surface area contributed by atoms with Crippen LogP contribution in [0.2, 0.25) is 0 Å². The SMILES string of the molecule is CC(CCc1ccnc(N)c1)CNC(C)C. The van der Waals surface area contributed by atoms with Crippen molar-refractivity contribution in [3.05, 3.63) is 23.9 Å². The molecule has 0 saturated heterocycles. The summed E-state index contributed by atoms with van der Waals surface area (Å²) >= 11 is 0. The van der Waals surface area contributed by atoms with Crippen molar-refractivity contribution in [3.8, 4) is 0 Å². The molecule has 0 radical (unpaired) electrons. The van der Waals surface area contributed by atoms with Crippen LogP contribution in [-0.2, 0) is 6.42 Å². The van der Waals surface area contributed by atoms with Gasteiger partial charge >= 0.3 is 0 Å². The minimum Gasteiger partial charge on any atom is -0.384 e. The van der Waals surface area contributed by atoms with Crippen molar-refractivity contribution in [1.82, 2.24) is 10.3 Å². The van der Waals surface area contributed by atoms with Gasteiger partial charge in [0.25, 0.3) is 0 Å². The van der Waals surface area contributed by atoms with Crippen LogP contribution >= 0.6 is 0 Å². The Bertz CT molecular complexity index is 310. The molecule has 0 spiro atoms. The number of rotatable bonds is 6. The lowest BCUT2D eigenvalue weighted by molar-refractivity contribution is 0.454. The third-order valence-electron chi connectivity index (χ3n) is 2.65. The summed E-state index contributed by atoms with van der Waals surface area (Å²) < 4.78 is 0. The summed E-state index contributed by atoms with van der Waals surface area (Å²) in [4.78, 5) is 3.99. The van der Waals surface area contributed by atoms with Crippen LogP contribution in [0.3, 0.4) is 0 Å². The average molecular weight is 221 g/mol. The summed E-state index contributed by atoms with van der Waals surface area (Å²) in [5, 5.41) is 3.46. The molecule has 3 N–H and O–H groups in total. The molecule has 3 nitrogen and oxygen atoms in total. The molecular formula is C13H23N3. The molecule has 0 amide bonds. The van der Waals surface area contributed by atoms with E-state index in [1.54, 1.807) is 6.20 Å². The summed E-state index contributed by atoms with van der Waals surface area (Å²) in [6, 6.07) is 4.57. The van der Waals surface area contributed by atoms with E-state index in [0.29, 0.717) is 17.8 Å². The fraction of sp³-hybridized carbons (Fsp3) is 0.615. The molecule has 0 aliphatic heterocycles. The number of nitrogens with one attached hydrogen (secondary N) is 1. The normalized spacial score (nSPS) is 13.0. The van der Waals surface area contributed by atoms with Crippen molar-refractivity contribution in [2.75, 3.05) is 12.3 Å². The summed E-state index contributed by atoms with van der Waals surface area (Å²) in [5.41, 5.74) is 6.92. The van der Waals surface area contributed by atoms with Gasteiger partial charge in [-0.2, -0.15) is 0 Å². The number of anilines is 1. The van der Waals surface area contributed by atoms with Gasteiger partial charge < -0.3 is 11.1 Å². The van der Waals surface area contributed by atoms with E-state index >= 15 is 0 Å². The molecule has 0 fully saturated rings. The van der Waals surface area contributed by atoms with Crippen LogP contribution in [0.25, 0.3) is 0 Å². The van der Waals surface area contributed by atoms with Gasteiger partial charge in [0.05, 0.1) is 0 Å². The maximum Gasteiger partial charge on any atom is 0.123 e. The molecule has 90 valence electrons. The molecule has 0 aliphatic carbocycles. The molecule has 0 aliphatic rings. The first kappa shape index (κ1) is 13.0. The predicted molar refractivity (Wildman–Crippen MR) is 69.3 cm³/mol. The van der Waals surface area contributed by atoms with Crippen LogP contribution < -0.4 is 11.1 Å². The second kappa shape index (κ2) is 6.48. The molecule has 1 aromatic heterocycles. The summed E-state index contributed by atoms with van der Waals surface area (Å²) in [6.45, 7) is 7.71. The maximum atomic E-state index is 5.64. The van der Waals surface area contributed by atoms with Crippen molar-refractivity contribution in [2.24, 2.45) is 5.92 Å². The van der Waals surface area contributed by atoms with Crippen LogP contribution in [0, 0.1) is 5.92 Å². The van der Waals surface area contributed by atoms with E-state index in [0.717, 1.165) is 13.0 Å². The third-order valence-corrected chi connectivity index (χ3v) is 2.65. The quantitative estimate of drug-likeness (QED) is 0.774. The van der Waals surface area contributed by atoms with E-state index in [2.05, 4.69) is 31.1 Å². The van der Waals surface area contributed by atoms with E-state index in [-0.39, 0.29) is 0 Å². The number of aryl methyl sites for hydroxylation is 1. The van der Waals surface area contributed by atoms with E-state index in [4.69, 9.17) is 5.73 Å². The number of hydrogen-bond donors (Lipinski definition) is 2. The zero-order valence-corrected chi connectivity index (χ0v) is 10.5. The minimum atomic E-state index is 0.569. The molecule has 1 rings (SSSR count). The zero-order valence-electron chi connectivity index (χ0n) is 10.5.